The molecule has 1 N–H and O–H groups in total. The maximum absolute atomic E-state index is 12.0. The minimum Gasteiger partial charge on any atom is -0.487 e. The van der Waals surface area contributed by atoms with Gasteiger partial charge < -0.3 is 9.47 Å². The summed E-state index contributed by atoms with van der Waals surface area (Å²) in [5.41, 5.74) is 1.62. The molecule has 1 aliphatic rings. The van der Waals surface area contributed by atoms with Gasteiger partial charge in [-0.25, -0.2) is 4.79 Å². The monoisotopic (exact) mass is 273 g/mol. The summed E-state index contributed by atoms with van der Waals surface area (Å²) in [6.45, 7) is 4.34. The number of carbonyl (C=O) groups is 1. The molecule has 1 aliphatic heterocycles. The van der Waals surface area contributed by atoms with Gasteiger partial charge in [0.15, 0.2) is 0 Å². The van der Waals surface area contributed by atoms with Crippen LogP contribution in [0.2, 0.25) is 0 Å². The maximum Gasteiger partial charge on any atom is 0.327 e. The number of hydrogen-bond donors (Lipinski definition) is 1. The summed E-state index contributed by atoms with van der Waals surface area (Å²) in [5.74, 6) is 2.86. The average Bonchev–Trinajstić information content (AvgIpc) is 2.73. The number of ether oxygens (including phenoxy) is 2. The fourth-order valence-electron chi connectivity index (χ4n) is 2.47. The number of benzene rings is 1. The molecule has 0 fully saturated rings. The molecule has 0 amide bonds. The van der Waals surface area contributed by atoms with Gasteiger partial charge in [0.05, 0.1) is 13.7 Å². The van der Waals surface area contributed by atoms with Crippen molar-refractivity contribution in [3.8, 4) is 18.1 Å². The van der Waals surface area contributed by atoms with Gasteiger partial charge in [-0.3, -0.25) is 5.32 Å². The average molecular weight is 273 g/mol. The third-order valence-electron chi connectivity index (χ3n) is 3.28. The lowest BCUT2D eigenvalue weighted by Crippen LogP contribution is -2.31. The molecule has 4 heteroatoms. The lowest BCUT2D eigenvalue weighted by Gasteiger charge is -2.21. The lowest BCUT2D eigenvalue weighted by molar-refractivity contribution is -0.143. The van der Waals surface area contributed by atoms with Gasteiger partial charge in [-0.05, 0) is 19.4 Å². The Balaban J connectivity index is 2.39. The fraction of sp³-hybridized carbons (Fsp3) is 0.438. The van der Waals surface area contributed by atoms with Crippen molar-refractivity contribution < 1.29 is 14.3 Å². The van der Waals surface area contributed by atoms with E-state index in [1.807, 2.05) is 32.0 Å². The second-order valence-corrected chi connectivity index (χ2v) is 5.42. The standard InChI is InChI=1S/C16H19NO3/c1-5-9-17-13(15(18)19-4)12-8-6-7-11-10-16(2,3)20-14(11)12/h1,6-8,13,17H,9-10H2,2-4H3. The number of hydrogen-bond acceptors (Lipinski definition) is 4. The molecular weight excluding hydrogens is 254 g/mol. The number of nitrogens with one attached hydrogen (secondary N) is 1. The Bertz CT molecular complexity index is 557. The Kier molecular flexibility index (Phi) is 4.01. The molecule has 0 spiro atoms. The molecule has 1 atom stereocenters. The zero-order chi connectivity index (χ0) is 14.8. The predicted octanol–water partition coefficient (Wildman–Crippen LogP) is 1.84. The molecule has 0 aromatic heterocycles. The van der Waals surface area contributed by atoms with Crippen LogP contribution in [0, 0.1) is 12.3 Å². The van der Waals surface area contributed by atoms with E-state index in [2.05, 4.69) is 11.2 Å². The lowest BCUT2D eigenvalue weighted by atomic mass is 9.98. The molecule has 1 heterocycles. The van der Waals surface area contributed by atoms with E-state index in [1.54, 1.807) is 0 Å². The quantitative estimate of drug-likeness (QED) is 0.671. The van der Waals surface area contributed by atoms with E-state index in [4.69, 9.17) is 15.9 Å². The first kappa shape index (κ1) is 14.4. The SMILES string of the molecule is C#CCNC(C(=O)OC)c1cccc2c1OC(C)(C)C2. The second-order valence-electron chi connectivity index (χ2n) is 5.42. The highest BCUT2D eigenvalue weighted by atomic mass is 16.5. The number of terminal acetylenes is 1. The summed E-state index contributed by atoms with van der Waals surface area (Å²) >= 11 is 0. The van der Waals surface area contributed by atoms with Crippen molar-refractivity contribution in [1.82, 2.24) is 5.32 Å². The van der Waals surface area contributed by atoms with Crippen molar-refractivity contribution in [2.45, 2.75) is 31.9 Å². The third kappa shape index (κ3) is 2.78. The first-order valence-electron chi connectivity index (χ1n) is 6.54. The highest BCUT2D eigenvalue weighted by molar-refractivity contribution is 5.79. The molecule has 2 rings (SSSR count). The molecule has 4 nitrogen and oxygen atoms in total. The van der Waals surface area contributed by atoms with Crippen LogP contribution in [0.1, 0.15) is 31.0 Å². The van der Waals surface area contributed by atoms with E-state index >= 15 is 0 Å². The Morgan fingerprint density at radius 3 is 3.00 bits per heavy atom. The van der Waals surface area contributed by atoms with Crippen molar-refractivity contribution in [1.29, 1.82) is 0 Å². The number of carbonyl (C=O) groups excluding carboxylic acids is 1. The van der Waals surface area contributed by atoms with Crippen molar-refractivity contribution in [2.75, 3.05) is 13.7 Å². The van der Waals surface area contributed by atoms with Crippen LogP contribution in [-0.2, 0) is 16.0 Å². The van der Waals surface area contributed by atoms with Crippen molar-refractivity contribution in [3.63, 3.8) is 0 Å². The summed E-state index contributed by atoms with van der Waals surface area (Å²) < 4.78 is 10.8. The Hall–Kier alpha value is -1.99. The molecule has 0 radical (unpaired) electrons. The van der Waals surface area contributed by atoms with Crippen LogP contribution < -0.4 is 10.1 Å². The minimum atomic E-state index is -0.611. The van der Waals surface area contributed by atoms with E-state index < -0.39 is 6.04 Å². The maximum atomic E-state index is 12.0. The topological polar surface area (TPSA) is 47.6 Å². The summed E-state index contributed by atoms with van der Waals surface area (Å²) in [6, 6.07) is 5.20. The van der Waals surface area contributed by atoms with E-state index in [0.29, 0.717) is 0 Å². The number of rotatable bonds is 4. The largest absolute Gasteiger partial charge is 0.487 e. The Labute approximate surface area is 119 Å². The van der Waals surface area contributed by atoms with Crippen molar-refractivity contribution in [3.05, 3.63) is 29.3 Å². The van der Waals surface area contributed by atoms with E-state index in [1.165, 1.54) is 7.11 Å². The van der Waals surface area contributed by atoms with Gasteiger partial charge in [0.1, 0.15) is 17.4 Å². The summed E-state index contributed by atoms with van der Waals surface area (Å²) in [5, 5.41) is 3.00. The molecule has 1 unspecified atom stereocenters. The number of methoxy groups -OCH3 is 1. The number of fused-ring (bicyclic) bond motifs is 1. The Morgan fingerprint density at radius 2 is 2.35 bits per heavy atom. The van der Waals surface area contributed by atoms with Gasteiger partial charge in [-0.2, -0.15) is 0 Å². The van der Waals surface area contributed by atoms with Gasteiger partial charge in [0.2, 0.25) is 0 Å². The van der Waals surface area contributed by atoms with Crippen LogP contribution in [0.25, 0.3) is 0 Å². The van der Waals surface area contributed by atoms with Crippen LogP contribution in [0.15, 0.2) is 18.2 Å². The highest BCUT2D eigenvalue weighted by Crippen LogP contribution is 2.40. The van der Waals surface area contributed by atoms with Crippen LogP contribution in [-0.4, -0.2) is 25.2 Å². The molecule has 1 aromatic carbocycles. The van der Waals surface area contributed by atoms with Crippen molar-refractivity contribution >= 4 is 5.97 Å². The molecule has 0 saturated carbocycles. The van der Waals surface area contributed by atoms with Crippen LogP contribution in [0.3, 0.4) is 0 Å². The van der Waals surface area contributed by atoms with Gasteiger partial charge >= 0.3 is 5.97 Å². The van der Waals surface area contributed by atoms with E-state index in [9.17, 15) is 4.79 Å². The third-order valence-corrected chi connectivity index (χ3v) is 3.28. The predicted molar refractivity (Wildman–Crippen MR) is 76.4 cm³/mol. The van der Waals surface area contributed by atoms with Crippen LogP contribution in [0.5, 0.6) is 5.75 Å². The zero-order valence-electron chi connectivity index (χ0n) is 12.0. The highest BCUT2D eigenvalue weighted by Gasteiger charge is 2.35. The molecule has 106 valence electrons. The molecule has 1 aromatic rings. The first-order chi connectivity index (χ1) is 9.48. The van der Waals surface area contributed by atoms with Gasteiger partial charge in [-0.15, -0.1) is 6.42 Å². The molecule has 0 aliphatic carbocycles. The van der Waals surface area contributed by atoms with Gasteiger partial charge in [-0.1, -0.05) is 24.1 Å². The molecule has 0 saturated heterocycles. The minimum absolute atomic E-state index is 0.259. The molecule has 20 heavy (non-hydrogen) atoms. The van der Waals surface area contributed by atoms with Gasteiger partial charge in [0.25, 0.3) is 0 Å². The van der Waals surface area contributed by atoms with E-state index in [0.717, 1.165) is 23.3 Å². The summed E-state index contributed by atoms with van der Waals surface area (Å²) in [6.07, 6.45) is 6.08. The summed E-state index contributed by atoms with van der Waals surface area (Å²) in [7, 11) is 1.36. The summed E-state index contributed by atoms with van der Waals surface area (Å²) in [4.78, 5) is 12.0. The van der Waals surface area contributed by atoms with Crippen LogP contribution >= 0.6 is 0 Å². The molecule has 0 bridgehead atoms. The number of para-hydroxylation sites is 1. The first-order valence-corrected chi connectivity index (χ1v) is 6.54. The van der Waals surface area contributed by atoms with Crippen LogP contribution in [0.4, 0.5) is 0 Å². The van der Waals surface area contributed by atoms with Crippen molar-refractivity contribution in [2.24, 2.45) is 0 Å². The second kappa shape index (κ2) is 5.56. The van der Waals surface area contributed by atoms with Gasteiger partial charge in [0, 0.05) is 12.0 Å². The fourth-order valence-corrected chi connectivity index (χ4v) is 2.47. The smallest absolute Gasteiger partial charge is 0.327 e. The number of esters is 1. The zero-order valence-corrected chi connectivity index (χ0v) is 12.0. The van der Waals surface area contributed by atoms with E-state index in [-0.39, 0.29) is 18.1 Å². The Morgan fingerprint density at radius 1 is 1.60 bits per heavy atom. The normalized spacial score (nSPS) is 16.7. The molecular formula is C16H19NO3.